The van der Waals surface area contributed by atoms with E-state index in [2.05, 4.69) is 44.3 Å². The molecule has 0 aliphatic carbocycles. The van der Waals surface area contributed by atoms with Crippen molar-refractivity contribution in [2.75, 3.05) is 21.3 Å². The van der Waals surface area contributed by atoms with Gasteiger partial charge in [-0.3, -0.25) is 0 Å². The van der Waals surface area contributed by atoms with Crippen LogP contribution < -0.4 is 10.1 Å². The van der Waals surface area contributed by atoms with Crippen LogP contribution in [-0.4, -0.2) is 26.9 Å². The molecule has 0 heterocycles. The maximum atomic E-state index is 5.50. The Bertz CT molecular complexity index is 402. The first-order valence-corrected chi connectivity index (χ1v) is 6.80. The summed E-state index contributed by atoms with van der Waals surface area (Å²) in [5, 5.41) is 3.37. The molecule has 19 heavy (non-hydrogen) atoms. The molecule has 3 nitrogen and oxygen atoms in total. The van der Waals surface area contributed by atoms with E-state index in [0.29, 0.717) is 0 Å². The molecule has 1 unspecified atom stereocenters. The standard InChI is InChI=1S/C16H27NO2/c1-12-7-8-13(15(11-12)18-5)14(17-4)9-10-16(2,3)19-6/h7-8,11,14,17H,9-10H2,1-6H3. The fraction of sp³-hybridized carbons (Fsp3) is 0.625. The van der Waals surface area contributed by atoms with Gasteiger partial charge in [-0.1, -0.05) is 12.1 Å². The summed E-state index contributed by atoms with van der Waals surface area (Å²) >= 11 is 0. The third-order valence-electron chi connectivity index (χ3n) is 3.70. The first-order chi connectivity index (χ1) is 8.93. The zero-order valence-electron chi connectivity index (χ0n) is 13.0. The van der Waals surface area contributed by atoms with Gasteiger partial charge in [0.25, 0.3) is 0 Å². The van der Waals surface area contributed by atoms with E-state index in [1.165, 1.54) is 11.1 Å². The normalized spacial score (nSPS) is 13.4. The summed E-state index contributed by atoms with van der Waals surface area (Å²) in [7, 11) is 5.48. The Hall–Kier alpha value is -1.06. The molecule has 0 saturated carbocycles. The summed E-state index contributed by atoms with van der Waals surface area (Å²) in [5.41, 5.74) is 2.34. The molecule has 0 aliphatic heterocycles. The maximum Gasteiger partial charge on any atom is 0.123 e. The summed E-state index contributed by atoms with van der Waals surface area (Å²) in [6.45, 7) is 6.31. The van der Waals surface area contributed by atoms with Gasteiger partial charge < -0.3 is 14.8 Å². The van der Waals surface area contributed by atoms with Gasteiger partial charge in [-0.15, -0.1) is 0 Å². The number of methoxy groups -OCH3 is 2. The Kier molecular flexibility index (Phi) is 5.83. The monoisotopic (exact) mass is 265 g/mol. The zero-order valence-corrected chi connectivity index (χ0v) is 13.0. The van der Waals surface area contributed by atoms with E-state index < -0.39 is 0 Å². The quantitative estimate of drug-likeness (QED) is 0.819. The molecule has 1 aromatic rings. The second-order valence-electron chi connectivity index (χ2n) is 5.59. The molecular formula is C16H27NO2. The molecule has 0 aromatic heterocycles. The number of aryl methyl sites for hydroxylation is 1. The predicted octanol–water partition coefficient (Wildman–Crippen LogP) is 3.47. The number of rotatable bonds is 7. The van der Waals surface area contributed by atoms with Crippen molar-refractivity contribution in [1.82, 2.24) is 5.32 Å². The Balaban J connectivity index is 2.85. The van der Waals surface area contributed by atoms with Gasteiger partial charge in [-0.25, -0.2) is 0 Å². The van der Waals surface area contributed by atoms with E-state index >= 15 is 0 Å². The topological polar surface area (TPSA) is 30.5 Å². The van der Waals surface area contributed by atoms with Gasteiger partial charge in [0.2, 0.25) is 0 Å². The number of hydrogen-bond acceptors (Lipinski definition) is 3. The molecule has 0 spiro atoms. The van der Waals surface area contributed by atoms with Crippen LogP contribution >= 0.6 is 0 Å². The van der Waals surface area contributed by atoms with E-state index in [9.17, 15) is 0 Å². The number of benzene rings is 1. The van der Waals surface area contributed by atoms with Crippen LogP contribution in [0.3, 0.4) is 0 Å². The molecule has 108 valence electrons. The van der Waals surface area contributed by atoms with E-state index in [4.69, 9.17) is 9.47 Å². The molecule has 0 bridgehead atoms. The second kappa shape index (κ2) is 6.92. The van der Waals surface area contributed by atoms with Gasteiger partial charge in [0.15, 0.2) is 0 Å². The molecule has 1 rings (SSSR count). The fourth-order valence-corrected chi connectivity index (χ4v) is 2.16. The number of nitrogens with one attached hydrogen (secondary N) is 1. The van der Waals surface area contributed by atoms with Crippen LogP contribution in [0.2, 0.25) is 0 Å². The third-order valence-corrected chi connectivity index (χ3v) is 3.70. The van der Waals surface area contributed by atoms with Gasteiger partial charge in [0.05, 0.1) is 12.7 Å². The highest BCUT2D eigenvalue weighted by molar-refractivity contribution is 5.39. The molecule has 0 aliphatic rings. The third kappa shape index (κ3) is 4.51. The highest BCUT2D eigenvalue weighted by Gasteiger charge is 2.21. The van der Waals surface area contributed by atoms with Crippen molar-refractivity contribution < 1.29 is 9.47 Å². The molecule has 1 aromatic carbocycles. The van der Waals surface area contributed by atoms with Crippen LogP contribution in [0.5, 0.6) is 5.75 Å². The van der Waals surface area contributed by atoms with Gasteiger partial charge in [-0.2, -0.15) is 0 Å². The smallest absolute Gasteiger partial charge is 0.123 e. The number of hydrogen-bond donors (Lipinski definition) is 1. The lowest BCUT2D eigenvalue weighted by molar-refractivity contribution is 0.0118. The minimum Gasteiger partial charge on any atom is -0.496 e. The van der Waals surface area contributed by atoms with Crippen LogP contribution in [0.4, 0.5) is 0 Å². The largest absolute Gasteiger partial charge is 0.496 e. The number of ether oxygens (including phenoxy) is 2. The highest BCUT2D eigenvalue weighted by atomic mass is 16.5. The summed E-state index contributed by atoms with van der Waals surface area (Å²) in [4.78, 5) is 0. The van der Waals surface area contributed by atoms with Crippen LogP contribution in [-0.2, 0) is 4.74 Å². The molecule has 0 radical (unpaired) electrons. The van der Waals surface area contributed by atoms with Gasteiger partial charge in [0.1, 0.15) is 5.75 Å². The Morgan fingerprint density at radius 2 is 1.95 bits per heavy atom. The van der Waals surface area contributed by atoms with Crippen molar-refractivity contribution in [3.63, 3.8) is 0 Å². The molecule has 1 N–H and O–H groups in total. The average Bonchev–Trinajstić information content (AvgIpc) is 2.40. The molecule has 0 fully saturated rings. The lowest BCUT2D eigenvalue weighted by Gasteiger charge is -2.26. The average molecular weight is 265 g/mol. The summed E-state index contributed by atoms with van der Waals surface area (Å²) in [6, 6.07) is 6.64. The Morgan fingerprint density at radius 3 is 2.47 bits per heavy atom. The van der Waals surface area contributed by atoms with Crippen molar-refractivity contribution in [3.8, 4) is 5.75 Å². The van der Waals surface area contributed by atoms with Crippen molar-refractivity contribution in [1.29, 1.82) is 0 Å². The molecule has 0 amide bonds. The maximum absolute atomic E-state index is 5.50. The van der Waals surface area contributed by atoms with Crippen LogP contribution in [0.25, 0.3) is 0 Å². The fourth-order valence-electron chi connectivity index (χ4n) is 2.16. The van der Waals surface area contributed by atoms with E-state index in [0.717, 1.165) is 18.6 Å². The zero-order chi connectivity index (χ0) is 14.5. The van der Waals surface area contributed by atoms with Gasteiger partial charge >= 0.3 is 0 Å². The van der Waals surface area contributed by atoms with E-state index in [1.54, 1.807) is 14.2 Å². The summed E-state index contributed by atoms with van der Waals surface area (Å²) < 4.78 is 11.0. The Morgan fingerprint density at radius 1 is 1.26 bits per heavy atom. The van der Waals surface area contributed by atoms with Crippen LogP contribution in [0, 0.1) is 6.92 Å². The van der Waals surface area contributed by atoms with Gasteiger partial charge in [-0.05, 0) is 52.3 Å². The summed E-state index contributed by atoms with van der Waals surface area (Å²) in [6.07, 6.45) is 2.00. The minimum atomic E-state index is -0.0902. The van der Waals surface area contributed by atoms with E-state index in [1.807, 2.05) is 7.05 Å². The first-order valence-electron chi connectivity index (χ1n) is 6.80. The molecular weight excluding hydrogens is 238 g/mol. The molecule has 1 atom stereocenters. The Labute approximate surface area is 117 Å². The van der Waals surface area contributed by atoms with Crippen molar-refractivity contribution in [3.05, 3.63) is 29.3 Å². The highest BCUT2D eigenvalue weighted by Crippen LogP contribution is 2.31. The first kappa shape index (κ1) is 16.0. The predicted molar refractivity (Wildman–Crippen MR) is 79.9 cm³/mol. The van der Waals surface area contributed by atoms with Crippen molar-refractivity contribution >= 4 is 0 Å². The summed E-state index contributed by atoms with van der Waals surface area (Å²) in [5.74, 6) is 0.953. The lowest BCUT2D eigenvalue weighted by Crippen LogP contribution is -2.26. The van der Waals surface area contributed by atoms with E-state index in [-0.39, 0.29) is 11.6 Å². The van der Waals surface area contributed by atoms with Gasteiger partial charge in [0, 0.05) is 18.7 Å². The molecule has 3 heteroatoms. The second-order valence-corrected chi connectivity index (χ2v) is 5.59. The molecule has 0 saturated heterocycles. The van der Waals surface area contributed by atoms with Crippen molar-refractivity contribution in [2.45, 2.75) is 45.3 Å². The van der Waals surface area contributed by atoms with Crippen molar-refractivity contribution in [2.24, 2.45) is 0 Å². The SMILES string of the molecule is CNC(CCC(C)(C)OC)c1ccc(C)cc1OC. The lowest BCUT2D eigenvalue weighted by atomic mass is 9.94. The van der Waals surface area contributed by atoms with Crippen LogP contribution in [0.15, 0.2) is 18.2 Å². The van der Waals surface area contributed by atoms with Crippen LogP contribution in [0.1, 0.15) is 43.9 Å². The minimum absolute atomic E-state index is 0.0902.